The highest BCUT2D eigenvalue weighted by atomic mass is 19.1. The summed E-state index contributed by atoms with van der Waals surface area (Å²) >= 11 is 0. The molecule has 1 aromatic carbocycles. The molecule has 1 aliphatic heterocycles. The van der Waals surface area contributed by atoms with Crippen LogP contribution in [0.1, 0.15) is 24.9 Å². The van der Waals surface area contributed by atoms with Crippen molar-refractivity contribution in [2.75, 3.05) is 26.2 Å². The summed E-state index contributed by atoms with van der Waals surface area (Å²) < 4.78 is 33.4. The molecule has 3 N–H and O–H groups in total. The normalized spacial score (nSPS) is 21.9. The molecule has 1 aliphatic rings. The Kier molecular flexibility index (Phi) is 5.42. The second-order valence-electron chi connectivity index (χ2n) is 4.99. The molecule has 6 heteroatoms. The third-order valence-electron chi connectivity index (χ3n) is 3.58. The standard InChI is InChI=1S/C14H21F2N3O/c1-2-6-19-7-8-20-12(9-19)14(18-17)13-10(15)4-3-5-11(13)16/h3-5,12,14,18H,2,6-9,17H2,1H3. The summed E-state index contributed by atoms with van der Waals surface area (Å²) in [6.45, 7) is 5.02. The fourth-order valence-electron chi connectivity index (χ4n) is 2.64. The first-order valence-corrected chi connectivity index (χ1v) is 6.91. The van der Waals surface area contributed by atoms with E-state index >= 15 is 0 Å². The van der Waals surface area contributed by atoms with Crippen molar-refractivity contribution in [3.63, 3.8) is 0 Å². The maximum absolute atomic E-state index is 13.9. The van der Waals surface area contributed by atoms with Gasteiger partial charge in [0.15, 0.2) is 0 Å². The highest BCUT2D eigenvalue weighted by Gasteiger charge is 2.31. The van der Waals surface area contributed by atoms with E-state index in [4.69, 9.17) is 10.6 Å². The van der Waals surface area contributed by atoms with Gasteiger partial charge in [-0.3, -0.25) is 16.2 Å². The Hall–Kier alpha value is -1.08. The number of morpholine rings is 1. The molecule has 2 unspecified atom stereocenters. The number of nitrogens with zero attached hydrogens (tertiary/aromatic N) is 1. The number of nitrogens with one attached hydrogen (secondary N) is 1. The van der Waals surface area contributed by atoms with Gasteiger partial charge >= 0.3 is 0 Å². The van der Waals surface area contributed by atoms with Crippen LogP contribution < -0.4 is 11.3 Å². The molecular formula is C14H21F2N3O. The van der Waals surface area contributed by atoms with Crippen LogP contribution in [0.2, 0.25) is 0 Å². The van der Waals surface area contributed by atoms with Gasteiger partial charge in [0, 0.05) is 18.7 Å². The first kappa shape index (κ1) is 15.3. The maximum atomic E-state index is 13.9. The predicted molar refractivity (Wildman–Crippen MR) is 72.9 cm³/mol. The molecule has 20 heavy (non-hydrogen) atoms. The Morgan fingerprint density at radius 3 is 2.75 bits per heavy atom. The summed E-state index contributed by atoms with van der Waals surface area (Å²) in [6, 6.07) is 3.10. The number of benzene rings is 1. The molecule has 2 atom stereocenters. The molecule has 4 nitrogen and oxygen atoms in total. The number of nitrogens with two attached hydrogens (primary N) is 1. The summed E-state index contributed by atoms with van der Waals surface area (Å²) in [7, 11) is 0. The lowest BCUT2D eigenvalue weighted by Crippen LogP contribution is -2.50. The van der Waals surface area contributed by atoms with E-state index in [9.17, 15) is 8.78 Å². The number of hydrogen-bond acceptors (Lipinski definition) is 4. The fraction of sp³-hybridized carbons (Fsp3) is 0.571. The number of halogens is 2. The number of ether oxygens (including phenoxy) is 1. The van der Waals surface area contributed by atoms with Gasteiger partial charge in [-0.15, -0.1) is 0 Å². The first-order valence-electron chi connectivity index (χ1n) is 6.91. The molecule has 0 amide bonds. The van der Waals surface area contributed by atoms with Crippen LogP contribution in [-0.4, -0.2) is 37.2 Å². The van der Waals surface area contributed by atoms with Crippen LogP contribution in [0, 0.1) is 11.6 Å². The summed E-state index contributed by atoms with van der Waals surface area (Å²) in [5.41, 5.74) is 2.44. The van der Waals surface area contributed by atoms with Gasteiger partial charge in [0.25, 0.3) is 0 Å². The second kappa shape index (κ2) is 7.08. The predicted octanol–water partition coefficient (Wildman–Crippen LogP) is 1.58. The Bertz CT molecular complexity index is 422. The minimum absolute atomic E-state index is 0.0571. The molecule has 1 fully saturated rings. The first-order chi connectivity index (χ1) is 9.67. The van der Waals surface area contributed by atoms with E-state index < -0.39 is 17.7 Å². The molecule has 112 valence electrons. The van der Waals surface area contributed by atoms with Crippen molar-refractivity contribution in [3.8, 4) is 0 Å². The van der Waals surface area contributed by atoms with Crippen molar-refractivity contribution < 1.29 is 13.5 Å². The van der Waals surface area contributed by atoms with Crippen molar-refractivity contribution in [1.29, 1.82) is 0 Å². The Morgan fingerprint density at radius 2 is 2.15 bits per heavy atom. The van der Waals surface area contributed by atoms with Crippen molar-refractivity contribution in [2.24, 2.45) is 5.84 Å². The van der Waals surface area contributed by atoms with E-state index in [-0.39, 0.29) is 11.7 Å². The lowest BCUT2D eigenvalue weighted by atomic mass is 9.99. The quantitative estimate of drug-likeness (QED) is 0.637. The van der Waals surface area contributed by atoms with Crippen molar-refractivity contribution >= 4 is 0 Å². The van der Waals surface area contributed by atoms with Crippen LogP contribution in [0.5, 0.6) is 0 Å². The Balaban J connectivity index is 2.19. The zero-order valence-corrected chi connectivity index (χ0v) is 11.6. The van der Waals surface area contributed by atoms with Gasteiger partial charge in [0.2, 0.25) is 0 Å². The molecular weight excluding hydrogens is 264 g/mol. The van der Waals surface area contributed by atoms with E-state index in [1.165, 1.54) is 18.2 Å². The fourth-order valence-corrected chi connectivity index (χ4v) is 2.64. The zero-order chi connectivity index (χ0) is 14.5. The smallest absolute Gasteiger partial charge is 0.131 e. The summed E-state index contributed by atoms with van der Waals surface area (Å²) in [4.78, 5) is 2.22. The van der Waals surface area contributed by atoms with Crippen molar-refractivity contribution in [1.82, 2.24) is 10.3 Å². The average molecular weight is 285 g/mol. The molecule has 1 saturated heterocycles. The van der Waals surface area contributed by atoms with E-state index in [2.05, 4.69) is 17.2 Å². The summed E-state index contributed by atoms with van der Waals surface area (Å²) in [5.74, 6) is 4.30. The molecule has 1 heterocycles. The monoisotopic (exact) mass is 285 g/mol. The highest BCUT2D eigenvalue weighted by Crippen LogP contribution is 2.26. The van der Waals surface area contributed by atoms with Crippen LogP contribution in [0.25, 0.3) is 0 Å². The Labute approximate surface area is 117 Å². The van der Waals surface area contributed by atoms with Gasteiger partial charge in [0.1, 0.15) is 11.6 Å². The van der Waals surface area contributed by atoms with Gasteiger partial charge in [-0.1, -0.05) is 13.0 Å². The molecule has 1 aromatic rings. The Morgan fingerprint density at radius 1 is 1.45 bits per heavy atom. The third-order valence-corrected chi connectivity index (χ3v) is 3.58. The second-order valence-corrected chi connectivity index (χ2v) is 4.99. The summed E-state index contributed by atoms with van der Waals surface area (Å²) in [5, 5.41) is 0. The molecule has 0 bridgehead atoms. The largest absolute Gasteiger partial charge is 0.374 e. The van der Waals surface area contributed by atoms with Gasteiger partial charge in [-0.2, -0.15) is 0 Å². The minimum atomic E-state index is -0.698. The lowest BCUT2D eigenvalue weighted by molar-refractivity contribution is -0.0481. The average Bonchev–Trinajstić information content (AvgIpc) is 2.44. The zero-order valence-electron chi connectivity index (χ0n) is 11.6. The highest BCUT2D eigenvalue weighted by molar-refractivity contribution is 5.24. The molecule has 0 aliphatic carbocycles. The minimum Gasteiger partial charge on any atom is -0.374 e. The molecule has 0 radical (unpaired) electrons. The van der Waals surface area contributed by atoms with Crippen molar-refractivity contribution in [3.05, 3.63) is 35.4 Å². The number of hydrogen-bond donors (Lipinski definition) is 2. The van der Waals surface area contributed by atoms with E-state index in [1.807, 2.05) is 0 Å². The topological polar surface area (TPSA) is 50.5 Å². The van der Waals surface area contributed by atoms with Crippen LogP contribution >= 0.6 is 0 Å². The van der Waals surface area contributed by atoms with E-state index in [0.717, 1.165) is 19.5 Å². The van der Waals surface area contributed by atoms with Gasteiger partial charge in [0.05, 0.1) is 18.8 Å². The van der Waals surface area contributed by atoms with Crippen LogP contribution in [-0.2, 0) is 4.74 Å². The van der Waals surface area contributed by atoms with Gasteiger partial charge < -0.3 is 4.74 Å². The van der Waals surface area contributed by atoms with Crippen LogP contribution in [0.4, 0.5) is 8.78 Å². The molecule has 2 rings (SSSR count). The molecule has 0 saturated carbocycles. The lowest BCUT2D eigenvalue weighted by Gasteiger charge is -2.36. The van der Waals surface area contributed by atoms with Crippen LogP contribution in [0.15, 0.2) is 18.2 Å². The van der Waals surface area contributed by atoms with E-state index in [0.29, 0.717) is 13.2 Å². The molecule has 0 spiro atoms. The maximum Gasteiger partial charge on any atom is 0.131 e. The van der Waals surface area contributed by atoms with Crippen LogP contribution in [0.3, 0.4) is 0 Å². The van der Waals surface area contributed by atoms with Gasteiger partial charge in [-0.25, -0.2) is 8.78 Å². The summed E-state index contributed by atoms with van der Waals surface area (Å²) in [6.07, 6.45) is 0.660. The number of rotatable bonds is 5. The SMILES string of the molecule is CCCN1CCOC(C(NN)c2c(F)cccc2F)C1. The number of hydrazine groups is 1. The van der Waals surface area contributed by atoms with E-state index in [1.54, 1.807) is 0 Å². The molecule has 0 aromatic heterocycles. The van der Waals surface area contributed by atoms with Crippen molar-refractivity contribution in [2.45, 2.75) is 25.5 Å². The third kappa shape index (κ3) is 3.32. The van der Waals surface area contributed by atoms with Gasteiger partial charge in [-0.05, 0) is 25.1 Å².